The molecule has 2 atom stereocenters. The van der Waals surface area contributed by atoms with Crippen LogP contribution in [0.3, 0.4) is 0 Å². The molecule has 1 heterocycles. The molecule has 1 rings (SSSR count). The predicted molar refractivity (Wildman–Crippen MR) is 68.9 cm³/mol. The average Bonchev–Trinajstić information content (AvgIpc) is 2.28. The number of nitrogens with one attached hydrogen (secondary N) is 2. The Morgan fingerprint density at radius 2 is 2.24 bits per heavy atom. The van der Waals surface area contributed by atoms with Crippen LogP contribution in [0.1, 0.15) is 40.0 Å². The molecule has 1 amide bonds. The van der Waals surface area contributed by atoms with Gasteiger partial charge >= 0.3 is 0 Å². The molecule has 1 aliphatic heterocycles. The van der Waals surface area contributed by atoms with Crippen molar-refractivity contribution in [1.29, 1.82) is 0 Å². The zero-order chi connectivity index (χ0) is 12.7. The Balaban J connectivity index is 2.08. The van der Waals surface area contributed by atoms with Gasteiger partial charge in [0.25, 0.3) is 0 Å². The van der Waals surface area contributed by atoms with E-state index in [-0.39, 0.29) is 11.9 Å². The summed E-state index contributed by atoms with van der Waals surface area (Å²) in [5, 5.41) is 6.24. The highest BCUT2D eigenvalue weighted by atomic mass is 16.5. The first-order chi connectivity index (χ1) is 8.09. The first-order valence-electron chi connectivity index (χ1n) is 6.71. The number of ether oxygens (including phenoxy) is 1. The molecule has 1 saturated heterocycles. The summed E-state index contributed by atoms with van der Waals surface area (Å²) in [6.45, 7) is 8.34. The standard InChI is InChI=1S/C13H26N2O2/c1-10(2)9-17-8-7-14-13(16)12-6-4-5-11(3)15-12/h10-12,15H,4-9H2,1-3H3,(H,14,16). The minimum absolute atomic E-state index is 0.0103. The number of amides is 1. The van der Waals surface area contributed by atoms with Crippen LogP contribution in [0.4, 0.5) is 0 Å². The van der Waals surface area contributed by atoms with E-state index in [9.17, 15) is 4.79 Å². The van der Waals surface area contributed by atoms with E-state index in [2.05, 4.69) is 31.4 Å². The Hall–Kier alpha value is -0.610. The third kappa shape index (κ3) is 6.03. The lowest BCUT2D eigenvalue weighted by Gasteiger charge is -2.27. The van der Waals surface area contributed by atoms with Gasteiger partial charge in [0.1, 0.15) is 0 Å². The fraction of sp³-hybridized carbons (Fsp3) is 0.923. The van der Waals surface area contributed by atoms with Crippen LogP contribution in [-0.2, 0) is 9.53 Å². The first-order valence-corrected chi connectivity index (χ1v) is 6.71. The number of hydrogen-bond donors (Lipinski definition) is 2. The first kappa shape index (κ1) is 14.5. The topological polar surface area (TPSA) is 50.4 Å². The van der Waals surface area contributed by atoms with Crippen molar-refractivity contribution >= 4 is 5.91 Å². The number of hydrogen-bond acceptors (Lipinski definition) is 3. The van der Waals surface area contributed by atoms with Gasteiger partial charge in [-0.2, -0.15) is 0 Å². The Morgan fingerprint density at radius 1 is 1.47 bits per heavy atom. The summed E-state index contributed by atoms with van der Waals surface area (Å²) >= 11 is 0. The van der Waals surface area contributed by atoms with Crippen molar-refractivity contribution in [3.63, 3.8) is 0 Å². The fourth-order valence-electron chi connectivity index (χ4n) is 2.03. The van der Waals surface area contributed by atoms with Crippen LogP contribution in [-0.4, -0.2) is 37.7 Å². The molecule has 2 N–H and O–H groups in total. The summed E-state index contributed by atoms with van der Waals surface area (Å²) in [5.41, 5.74) is 0. The van der Waals surface area contributed by atoms with Gasteiger partial charge < -0.3 is 15.4 Å². The SMILES string of the molecule is CC(C)COCCNC(=O)C1CCCC(C)N1. The average molecular weight is 242 g/mol. The van der Waals surface area contributed by atoms with Crippen molar-refractivity contribution in [3.05, 3.63) is 0 Å². The summed E-state index contributed by atoms with van der Waals surface area (Å²) in [4.78, 5) is 11.8. The second-order valence-corrected chi connectivity index (χ2v) is 5.31. The fourth-order valence-corrected chi connectivity index (χ4v) is 2.03. The molecule has 0 aromatic heterocycles. The molecule has 0 radical (unpaired) electrons. The Kier molecular flexibility index (Phi) is 6.52. The van der Waals surface area contributed by atoms with Gasteiger partial charge in [-0.15, -0.1) is 0 Å². The van der Waals surface area contributed by atoms with Gasteiger partial charge in [-0.3, -0.25) is 4.79 Å². The number of carbonyl (C=O) groups excluding carboxylic acids is 1. The van der Waals surface area contributed by atoms with Crippen LogP contribution in [0, 0.1) is 5.92 Å². The molecular weight excluding hydrogens is 216 g/mol. The molecular formula is C13H26N2O2. The van der Waals surface area contributed by atoms with Crippen LogP contribution >= 0.6 is 0 Å². The largest absolute Gasteiger partial charge is 0.379 e. The van der Waals surface area contributed by atoms with Crippen LogP contribution < -0.4 is 10.6 Å². The van der Waals surface area contributed by atoms with Gasteiger partial charge in [-0.1, -0.05) is 13.8 Å². The lowest BCUT2D eigenvalue weighted by atomic mass is 9.99. The third-order valence-electron chi connectivity index (χ3n) is 2.93. The predicted octanol–water partition coefficient (Wildman–Crippen LogP) is 1.31. The van der Waals surface area contributed by atoms with Gasteiger partial charge in [0.15, 0.2) is 0 Å². The molecule has 0 aromatic rings. The summed E-state index contributed by atoms with van der Waals surface area (Å²) < 4.78 is 5.42. The second kappa shape index (κ2) is 7.67. The number of rotatable bonds is 6. The molecule has 0 aromatic carbocycles. The van der Waals surface area contributed by atoms with E-state index in [1.165, 1.54) is 6.42 Å². The smallest absolute Gasteiger partial charge is 0.237 e. The molecule has 17 heavy (non-hydrogen) atoms. The van der Waals surface area contributed by atoms with E-state index in [4.69, 9.17) is 4.74 Å². The highest BCUT2D eigenvalue weighted by Gasteiger charge is 2.23. The van der Waals surface area contributed by atoms with E-state index in [1.807, 2.05) is 0 Å². The van der Waals surface area contributed by atoms with Crippen molar-refractivity contribution in [3.8, 4) is 0 Å². The van der Waals surface area contributed by atoms with Crippen LogP contribution in [0.5, 0.6) is 0 Å². The van der Waals surface area contributed by atoms with Gasteiger partial charge in [-0.05, 0) is 32.1 Å². The summed E-state index contributed by atoms with van der Waals surface area (Å²) in [5.74, 6) is 0.663. The third-order valence-corrected chi connectivity index (χ3v) is 2.93. The summed E-state index contributed by atoms with van der Waals surface area (Å²) in [6, 6.07) is 0.445. The van der Waals surface area contributed by atoms with Crippen molar-refractivity contribution in [2.75, 3.05) is 19.8 Å². The zero-order valence-corrected chi connectivity index (χ0v) is 11.3. The maximum Gasteiger partial charge on any atom is 0.237 e. The number of carbonyl (C=O) groups is 1. The summed E-state index contributed by atoms with van der Waals surface area (Å²) in [7, 11) is 0. The Morgan fingerprint density at radius 3 is 2.88 bits per heavy atom. The molecule has 100 valence electrons. The highest BCUT2D eigenvalue weighted by molar-refractivity contribution is 5.81. The van der Waals surface area contributed by atoms with Gasteiger partial charge in [0.2, 0.25) is 5.91 Å². The quantitative estimate of drug-likeness (QED) is 0.690. The van der Waals surface area contributed by atoms with Crippen molar-refractivity contribution in [2.45, 2.75) is 52.1 Å². The number of piperidine rings is 1. The lowest BCUT2D eigenvalue weighted by Crippen LogP contribution is -2.50. The van der Waals surface area contributed by atoms with Gasteiger partial charge in [-0.25, -0.2) is 0 Å². The minimum Gasteiger partial charge on any atom is -0.379 e. The van der Waals surface area contributed by atoms with E-state index >= 15 is 0 Å². The lowest BCUT2D eigenvalue weighted by molar-refractivity contribution is -0.124. The maximum atomic E-state index is 11.8. The Labute approximate surface area is 104 Å². The molecule has 1 aliphatic rings. The van der Waals surface area contributed by atoms with Gasteiger partial charge in [0, 0.05) is 19.2 Å². The zero-order valence-electron chi connectivity index (χ0n) is 11.3. The molecule has 1 fully saturated rings. The van der Waals surface area contributed by atoms with E-state index in [0.29, 0.717) is 25.1 Å². The molecule has 2 unspecified atom stereocenters. The molecule has 4 nitrogen and oxygen atoms in total. The van der Waals surface area contributed by atoms with Gasteiger partial charge in [0.05, 0.1) is 12.6 Å². The van der Waals surface area contributed by atoms with E-state index in [0.717, 1.165) is 19.4 Å². The second-order valence-electron chi connectivity index (χ2n) is 5.31. The molecule has 0 spiro atoms. The van der Waals surface area contributed by atoms with E-state index in [1.54, 1.807) is 0 Å². The minimum atomic E-state index is -0.0103. The van der Waals surface area contributed by atoms with Crippen molar-refractivity contribution < 1.29 is 9.53 Å². The maximum absolute atomic E-state index is 11.8. The van der Waals surface area contributed by atoms with E-state index < -0.39 is 0 Å². The Bertz CT molecular complexity index is 231. The molecule has 4 heteroatoms. The molecule has 0 aliphatic carbocycles. The van der Waals surface area contributed by atoms with Crippen molar-refractivity contribution in [1.82, 2.24) is 10.6 Å². The van der Waals surface area contributed by atoms with Crippen molar-refractivity contribution in [2.24, 2.45) is 5.92 Å². The van der Waals surface area contributed by atoms with Crippen LogP contribution in [0.2, 0.25) is 0 Å². The molecule has 0 saturated carbocycles. The van der Waals surface area contributed by atoms with Crippen LogP contribution in [0.25, 0.3) is 0 Å². The normalized spacial score (nSPS) is 24.9. The van der Waals surface area contributed by atoms with Crippen LogP contribution in [0.15, 0.2) is 0 Å². The monoisotopic (exact) mass is 242 g/mol. The summed E-state index contributed by atoms with van der Waals surface area (Å²) in [6.07, 6.45) is 3.25. The molecule has 0 bridgehead atoms. The highest BCUT2D eigenvalue weighted by Crippen LogP contribution is 2.11.